The van der Waals surface area contributed by atoms with Crippen LogP contribution >= 0.6 is 0 Å². The lowest BCUT2D eigenvalue weighted by molar-refractivity contribution is 0.0914. The van der Waals surface area contributed by atoms with Crippen molar-refractivity contribution in [2.75, 3.05) is 11.9 Å². The molecule has 0 saturated heterocycles. The Hall–Kier alpha value is -3.54. The van der Waals surface area contributed by atoms with Gasteiger partial charge in [-0.25, -0.2) is 0 Å². The summed E-state index contributed by atoms with van der Waals surface area (Å²) >= 11 is 0. The molecule has 2 N–H and O–H groups in total. The molecule has 2 heterocycles. The van der Waals surface area contributed by atoms with Crippen LogP contribution in [0.25, 0.3) is 0 Å². The first-order valence-corrected chi connectivity index (χ1v) is 8.65. The molecule has 136 valence electrons. The number of ether oxygens (including phenoxy) is 1. The second kappa shape index (κ2) is 7.37. The second-order valence-electron chi connectivity index (χ2n) is 6.31. The fraction of sp³-hybridized carbons (Fsp3) is 0.143. The largest absolute Gasteiger partial charge is 0.491 e. The lowest BCUT2D eigenvalue weighted by Gasteiger charge is -2.26. The SMILES string of the molecule is O=C(NC1COc2ccccc2C1)c1cccc(NC(=O)c2ccco2)c1. The van der Waals surface area contributed by atoms with Crippen molar-refractivity contribution in [1.82, 2.24) is 5.32 Å². The number of rotatable bonds is 4. The van der Waals surface area contributed by atoms with Gasteiger partial charge in [-0.15, -0.1) is 0 Å². The number of carbonyl (C=O) groups excluding carboxylic acids is 2. The highest BCUT2D eigenvalue weighted by Gasteiger charge is 2.21. The molecule has 2 aromatic carbocycles. The number of hydrogen-bond donors (Lipinski definition) is 2. The number of hydrogen-bond acceptors (Lipinski definition) is 4. The van der Waals surface area contributed by atoms with E-state index in [4.69, 9.17) is 9.15 Å². The van der Waals surface area contributed by atoms with Crippen LogP contribution in [0.15, 0.2) is 71.3 Å². The summed E-state index contributed by atoms with van der Waals surface area (Å²) < 4.78 is 10.8. The van der Waals surface area contributed by atoms with Crippen LogP contribution in [0.4, 0.5) is 5.69 Å². The van der Waals surface area contributed by atoms with Crippen LogP contribution in [0.3, 0.4) is 0 Å². The number of furan rings is 1. The smallest absolute Gasteiger partial charge is 0.291 e. The van der Waals surface area contributed by atoms with E-state index in [-0.39, 0.29) is 23.6 Å². The molecule has 1 unspecified atom stereocenters. The Morgan fingerprint density at radius 3 is 2.70 bits per heavy atom. The molecule has 0 radical (unpaired) electrons. The van der Waals surface area contributed by atoms with Gasteiger partial charge in [-0.1, -0.05) is 24.3 Å². The number of amides is 2. The molecule has 6 heteroatoms. The summed E-state index contributed by atoms with van der Waals surface area (Å²) in [5, 5.41) is 5.71. The molecule has 1 aliphatic rings. The standard InChI is InChI=1S/C21H18N2O4/c24-20(23-17-11-14-5-1-2-8-18(14)27-13-17)15-6-3-7-16(12-15)22-21(25)19-9-4-10-26-19/h1-10,12,17H,11,13H2,(H,22,25)(H,23,24). The van der Waals surface area contributed by atoms with Crippen LogP contribution in [0.2, 0.25) is 0 Å². The quantitative estimate of drug-likeness (QED) is 0.746. The van der Waals surface area contributed by atoms with Crippen molar-refractivity contribution in [3.05, 3.63) is 83.8 Å². The molecule has 1 aromatic heterocycles. The molecule has 0 aliphatic carbocycles. The fourth-order valence-electron chi connectivity index (χ4n) is 3.03. The van der Waals surface area contributed by atoms with E-state index in [0.29, 0.717) is 17.9 Å². The van der Waals surface area contributed by atoms with E-state index in [1.165, 1.54) is 6.26 Å². The maximum atomic E-state index is 12.6. The van der Waals surface area contributed by atoms with Crippen LogP contribution < -0.4 is 15.4 Å². The minimum Gasteiger partial charge on any atom is -0.491 e. The van der Waals surface area contributed by atoms with Gasteiger partial charge >= 0.3 is 0 Å². The first-order chi connectivity index (χ1) is 13.2. The molecule has 3 aromatic rings. The number of anilines is 1. The average Bonchev–Trinajstić information content (AvgIpc) is 3.23. The van der Waals surface area contributed by atoms with E-state index in [9.17, 15) is 9.59 Å². The number of benzene rings is 2. The zero-order valence-electron chi connectivity index (χ0n) is 14.5. The van der Waals surface area contributed by atoms with Crippen LogP contribution in [0.5, 0.6) is 5.75 Å². The van der Waals surface area contributed by atoms with Crippen LogP contribution in [0, 0.1) is 0 Å². The van der Waals surface area contributed by atoms with Gasteiger partial charge in [0.15, 0.2) is 5.76 Å². The first kappa shape index (κ1) is 16.9. The van der Waals surface area contributed by atoms with Crippen molar-refractivity contribution in [1.29, 1.82) is 0 Å². The third kappa shape index (κ3) is 3.84. The van der Waals surface area contributed by atoms with Crippen molar-refractivity contribution in [2.45, 2.75) is 12.5 Å². The van der Waals surface area contributed by atoms with Gasteiger partial charge in [0.05, 0.1) is 12.3 Å². The minimum atomic E-state index is -0.366. The number of fused-ring (bicyclic) bond motifs is 1. The highest BCUT2D eigenvalue weighted by atomic mass is 16.5. The minimum absolute atomic E-state index is 0.103. The number of carbonyl (C=O) groups is 2. The summed E-state index contributed by atoms with van der Waals surface area (Å²) in [5.41, 5.74) is 2.06. The Bertz CT molecular complexity index is 966. The predicted molar refractivity (Wildman–Crippen MR) is 100.0 cm³/mol. The van der Waals surface area contributed by atoms with Crippen LogP contribution in [-0.2, 0) is 6.42 Å². The van der Waals surface area contributed by atoms with Gasteiger partial charge in [-0.2, -0.15) is 0 Å². The molecule has 0 spiro atoms. The molecule has 6 nitrogen and oxygen atoms in total. The average molecular weight is 362 g/mol. The summed E-state index contributed by atoms with van der Waals surface area (Å²) in [5.74, 6) is 0.500. The monoisotopic (exact) mass is 362 g/mol. The van der Waals surface area contributed by atoms with E-state index in [0.717, 1.165) is 17.7 Å². The number of para-hydroxylation sites is 1. The molecule has 0 fully saturated rings. The Labute approximate surface area is 156 Å². The molecule has 1 aliphatic heterocycles. The zero-order valence-corrected chi connectivity index (χ0v) is 14.5. The summed E-state index contributed by atoms with van der Waals surface area (Å²) in [7, 11) is 0. The lowest BCUT2D eigenvalue weighted by atomic mass is 10.0. The van der Waals surface area contributed by atoms with Crippen LogP contribution in [0.1, 0.15) is 26.5 Å². The topological polar surface area (TPSA) is 80.6 Å². The van der Waals surface area contributed by atoms with Gasteiger partial charge in [0.1, 0.15) is 12.4 Å². The summed E-state index contributed by atoms with van der Waals surface area (Å²) in [4.78, 5) is 24.7. The first-order valence-electron chi connectivity index (χ1n) is 8.65. The van der Waals surface area contributed by atoms with Gasteiger partial charge in [0.2, 0.25) is 0 Å². The van der Waals surface area contributed by atoms with E-state index in [2.05, 4.69) is 10.6 Å². The lowest BCUT2D eigenvalue weighted by Crippen LogP contribution is -2.42. The van der Waals surface area contributed by atoms with E-state index in [1.807, 2.05) is 24.3 Å². The van der Waals surface area contributed by atoms with E-state index < -0.39 is 0 Å². The summed E-state index contributed by atoms with van der Waals surface area (Å²) in [6.07, 6.45) is 2.15. The fourth-order valence-corrected chi connectivity index (χ4v) is 3.03. The summed E-state index contributed by atoms with van der Waals surface area (Å²) in [6.45, 7) is 0.428. The van der Waals surface area contributed by atoms with Gasteiger partial charge in [-0.05, 0) is 48.4 Å². The van der Waals surface area contributed by atoms with Gasteiger partial charge < -0.3 is 19.8 Å². The zero-order chi connectivity index (χ0) is 18.6. The predicted octanol–water partition coefficient (Wildman–Crippen LogP) is 3.27. The second-order valence-corrected chi connectivity index (χ2v) is 6.31. The Kier molecular flexibility index (Phi) is 4.61. The molecule has 0 bridgehead atoms. The Balaban J connectivity index is 1.41. The Morgan fingerprint density at radius 1 is 0.963 bits per heavy atom. The van der Waals surface area contributed by atoms with Crippen molar-refractivity contribution in [3.8, 4) is 5.75 Å². The maximum Gasteiger partial charge on any atom is 0.291 e. The molecule has 4 rings (SSSR count). The highest BCUT2D eigenvalue weighted by Crippen LogP contribution is 2.24. The van der Waals surface area contributed by atoms with Crippen molar-refractivity contribution < 1.29 is 18.7 Å². The van der Waals surface area contributed by atoms with Crippen molar-refractivity contribution in [3.63, 3.8) is 0 Å². The van der Waals surface area contributed by atoms with Gasteiger partial charge in [0.25, 0.3) is 11.8 Å². The number of nitrogens with one attached hydrogen (secondary N) is 2. The van der Waals surface area contributed by atoms with E-state index >= 15 is 0 Å². The summed E-state index contributed by atoms with van der Waals surface area (Å²) in [6, 6.07) is 17.7. The Morgan fingerprint density at radius 2 is 1.85 bits per heavy atom. The molecule has 1 atom stereocenters. The molecular formula is C21H18N2O4. The van der Waals surface area contributed by atoms with Crippen molar-refractivity contribution >= 4 is 17.5 Å². The molecule has 2 amide bonds. The normalized spacial score (nSPS) is 15.3. The van der Waals surface area contributed by atoms with Gasteiger partial charge in [0, 0.05) is 11.3 Å². The third-order valence-electron chi connectivity index (χ3n) is 4.34. The molecule has 0 saturated carbocycles. The molecule has 27 heavy (non-hydrogen) atoms. The highest BCUT2D eigenvalue weighted by molar-refractivity contribution is 6.03. The van der Waals surface area contributed by atoms with Gasteiger partial charge in [-0.3, -0.25) is 9.59 Å². The van der Waals surface area contributed by atoms with Crippen LogP contribution in [-0.4, -0.2) is 24.5 Å². The van der Waals surface area contributed by atoms with Crippen molar-refractivity contribution in [2.24, 2.45) is 0 Å². The third-order valence-corrected chi connectivity index (χ3v) is 4.34. The maximum absolute atomic E-state index is 12.6. The van der Waals surface area contributed by atoms with E-state index in [1.54, 1.807) is 36.4 Å². The molecular weight excluding hydrogens is 344 g/mol.